The van der Waals surface area contributed by atoms with Crippen molar-refractivity contribution in [1.82, 2.24) is 0 Å². The predicted octanol–water partition coefficient (Wildman–Crippen LogP) is 4.58. The summed E-state index contributed by atoms with van der Waals surface area (Å²) in [4.78, 5) is 0. The molecule has 0 spiro atoms. The highest BCUT2D eigenvalue weighted by atomic mass is 31.1. The molecule has 0 bridgehead atoms. The Morgan fingerprint density at radius 2 is 1.67 bits per heavy atom. The maximum atomic E-state index is 3.01. The Kier molecular flexibility index (Phi) is 7.31. The van der Waals surface area contributed by atoms with Crippen LogP contribution in [0.2, 0.25) is 0 Å². The highest BCUT2D eigenvalue weighted by Crippen LogP contribution is 2.42. The molecule has 0 fully saturated rings. The minimum absolute atomic E-state index is 0.0150. The summed E-state index contributed by atoms with van der Waals surface area (Å²) in [6, 6.07) is 11.1. The first-order chi connectivity index (χ1) is 8.38. The number of hydrogen-bond donors (Lipinski definition) is 0. The zero-order valence-electron chi connectivity index (χ0n) is 12.2. The van der Waals surface area contributed by atoms with Crippen molar-refractivity contribution in [2.75, 3.05) is 31.8 Å². The molecule has 0 aliphatic heterocycles. The summed E-state index contributed by atoms with van der Waals surface area (Å²) in [5.41, 5.74) is 0. The molecule has 0 heterocycles. The van der Waals surface area contributed by atoms with Crippen LogP contribution in [0.15, 0.2) is 30.3 Å². The molecule has 0 saturated carbocycles. The van der Waals surface area contributed by atoms with Gasteiger partial charge in [-0.2, -0.15) is 0 Å². The number of rotatable bonds is 7. The van der Waals surface area contributed by atoms with Crippen LogP contribution in [-0.2, 0) is 0 Å². The highest BCUT2D eigenvalue weighted by molar-refractivity contribution is 7.66. The normalized spacial score (nSPS) is 13.9. The van der Waals surface area contributed by atoms with Crippen molar-refractivity contribution < 1.29 is 0 Å². The van der Waals surface area contributed by atoms with Crippen LogP contribution in [-0.4, -0.2) is 37.0 Å². The van der Waals surface area contributed by atoms with Crippen LogP contribution in [0.4, 0.5) is 0 Å². The third-order valence-corrected chi connectivity index (χ3v) is 7.59. The standard InChI is InChI=1S/C15H27P3/c1-15(2,16)13-18(12-8-11-17(3)4)14-9-6-5-7-10-14/h5-7,9-10H,8,11-13,16H2,1-4H3. The molecule has 0 N–H and O–H groups in total. The molecule has 2 unspecified atom stereocenters. The number of hydrogen-bond acceptors (Lipinski definition) is 0. The average molecular weight is 300 g/mol. The van der Waals surface area contributed by atoms with Crippen LogP contribution in [0.3, 0.4) is 0 Å². The quantitative estimate of drug-likeness (QED) is 0.647. The Morgan fingerprint density at radius 3 is 2.17 bits per heavy atom. The second kappa shape index (κ2) is 7.94. The molecule has 0 aromatic heterocycles. The van der Waals surface area contributed by atoms with E-state index in [1.165, 1.54) is 24.9 Å². The van der Waals surface area contributed by atoms with Gasteiger partial charge in [-0.05, 0) is 48.7 Å². The lowest BCUT2D eigenvalue weighted by Crippen LogP contribution is -2.19. The second-order valence-electron chi connectivity index (χ2n) is 5.90. The van der Waals surface area contributed by atoms with E-state index in [1.807, 2.05) is 0 Å². The van der Waals surface area contributed by atoms with Gasteiger partial charge in [0.1, 0.15) is 0 Å². The molecule has 0 aliphatic carbocycles. The smallest absolute Gasteiger partial charge is 0.0164 e. The lowest BCUT2D eigenvalue weighted by atomic mass is 10.2. The first-order valence-electron chi connectivity index (χ1n) is 6.62. The SMILES string of the molecule is CP(C)CCCP(CC(C)(C)P)c1ccccc1. The molecule has 0 radical (unpaired) electrons. The van der Waals surface area contributed by atoms with Gasteiger partial charge in [-0.1, -0.05) is 52.1 Å². The van der Waals surface area contributed by atoms with Gasteiger partial charge in [-0.25, -0.2) is 0 Å². The Labute approximate surface area is 118 Å². The summed E-state index contributed by atoms with van der Waals surface area (Å²) < 4.78 is 0. The minimum atomic E-state index is 0.0150. The molecular weight excluding hydrogens is 273 g/mol. The van der Waals surface area contributed by atoms with Crippen molar-refractivity contribution in [3.05, 3.63) is 30.3 Å². The summed E-state index contributed by atoms with van der Waals surface area (Å²) in [7, 11) is 3.30. The van der Waals surface area contributed by atoms with Crippen molar-refractivity contribution >= 4 is 30.4 Å². The van der Waals surface area contributed by atoms with E-state index in [1.54, 1.807) is 5.30 Å². The molecule has 2 atom stereocenters. The van der Waals surface area contributed by atoms with Gasteiger partial charge in [-0.3, -0.25) is 0 Å². The van der Waals surface area contributed by atoms with Gasteiger partial charge in [0.25, 0.3) is 0 Å². The van der Waals surface area contributed by atoms with Crippen molar-refractivity contribution in [2.24, 2.45) is 0 Å². The zero-order chi connectivity index (χ0) is 13.6. The molecule has 18 heavy (non-hydrogen) atoms. The van der Waals surface area contributed by atoms with Gasteiger partial charge in [0, 0.05) is 0 Å². The summed E-state index contributed by atoms with van der Waals surface area (Å²) in [5.74, 6) is 0. The monoisotopic (exact) mass is 300 g/mol. The Bertz CT molecular complexity index is 327. The van der Waals surface area contributed by atoms with E-state index < -0.39 is 0 Å². The molecule has 1 aromatic rings. The molecule has 3 heteroatoms. The van der Waals surface area contributed by atoms with Gasteiger partial charge in [0.2, 0.25) is 0 Å². The van der Waals surface area contributed by atoms with Gasteiger partial charge in [-0.15, -0.1) is 17.2 Å². The second-order valence-corrected chi connectivity index (χ2v) is 12.4. The molecule has 102 valence electrons. The van der Waals surface area contributed by atoms with E-state index >= 15 is 0 Å². The third-order valence-electron chi connectivity index (χ3n) is 2.75. The van der Waals surface area contributed by atoms with E-state index in [2.05, 4.69) is 66.7 Å². The topological polar surface area (TPSA) is 0 Å². The summed E-state index contributed by atoms with van der Waals surface area (Å²) in [6.45, 7) is 9.45. The summed E-state index contributed by atoms with van der Waals surface area (Å²) >= 11 is 0. The van der Waals surface area contributed by atoms with Crippen molar-refractivity contribution in [3.63, 3.8) is 0 Å². The fraction of sp³-hybridized carbons (Fsp3) is 0.600. The van der Waals surface area contributed by atoms with Crippen LogP contribution < -0.4 is 5.30 Å². The van der Waals surface area contributed by atoms with E-state index in [0.29, 0.717) is 5.16 Å². The van der Waals surface area contributed by atoms with Gasteiger partial charge in [0.05, 0.1) is 0 Å². The Balaban J connectivity index is 2.64. The fourth-order valence-corrected chi connectivity index (χ4v) is 6.43. The lowest BCUT2D eigenvalue weighted by Gasteiger charge is -2.27. The molecule has 0 amide bonds. The van der Waals surface area contributed by atoms with Gasteiger partial charge >= 0.3 is 0 Å². The molecule has 1 aromatic carbocycles. The largest absolute Gasteiger partial charge is 0.131 e. The first kappa shape index (κ1) is 16.6. The lowest BCUT2D eigenvalue weighted by molar-refractivity contribution is 0.811. The maximum absolute atomic E-state index is 3.01. The fourth-order valence-electron chi connectivity index (χ4n) is 2.01. The van der Waals surface area contributed by atoms with Gasteiger partial charge in [0.15, 0.2) is 0 Å². The van der Waals surface area contributed by atoms with Crippen molar-refractivity contribution in [3.8, 4) is 0 Å². The summed E-state index contributed by atoms with van der Waals surface area (Å²) in [5, 5.41) is 1.95. The van der Waals surface area contributed by atoms with Crippen LogP contribution in [0, 0.1) is 0 Å². The molecule has 0 nitrogen and oxygen atoms in total. The molecule has 1 rings (SSSR count). The Morgan fingerprint density at radius 1 is 1.06 bits per heavy atom. The van der Waals surface area contributed by atoms with Gasteiger partial charge < -0.3 is 0 Å². The third kappa shape index (κ3) is 7.19. The van der Waals surface area contributed by atoms with E-state index in [-0.39, 0.29) is 15.8 Å². The predicted molar refractivity (Wildman–Crippen MR) is 94.8 cm³/mol. The summed E-state index contributed by atoms with van der Waals surface area (Å²) in [6.07, 6.45) is 5.55. The minimum Gasteiger partial charge on any atom is -0.131 e. The van der Waals surface area contributed by atoms with E-state index in [4.69, 9.17) is 0 Å². The first-order valence-corrected chi connectivity index (χ1v) is 11.3. The van der Waals surface area contributed by atoms with E-state index in [9.17, 15) is 0 Å². The van der Waals surface area contributed by atoms with E-state index in [0.717, 1.165) is 0 Å². The number of benzene rings is 1. The Hall–Kier alpha value is 0.510. The van der Waals surface area contributed by atoms with Crippen molar-refractivity contribution in [2.45, 2.75) is 25.4 Å². The average Bonchev–Trinajstić information content (AvgIpc) is 2.27. The maximum Gasteiger partial charge on any atom is -0.0164 e. The molecule has 0 saturated heterocycles. The van der Waals surface area contributed by atoms with Crippen LogP contribution in [0.1, 0.15) is 20.3 Å². The van der Waals surface area contributed by atoms with Crippen LogP contribution in [0.5, 0.6) is 0 Å². The molecular formula is C15H27P3. The highest BCUT2D eigenvalue weighted by Gasteiger charge is 2.19. The zero-order valence-corrected chi connectivity index (χ0v) is 15.1. The molecule has 0 aliphatic rings. The van der Waals surface area contributed by atoms with Crippen LogP contribution in [0.25, 0.3) is 0 Å². The van der Waals surface area contributed by atoms with Crippen LogP contribution >= 0.6 is 25.1 Å². The van der Waals surface area contributed by atoms with Crippen molar-refractivity contribution in [1.29, 1.82) is 0 Å².